The van der Waals surface area contributed by atoms with Crippen molar-refractivity contribution in [2.75, 3.05) is 0 Å². The molecule has 0 aromatic carbocycles. The van der Waals surface area contributed by atoms with Gasteiger partial charge in [-0.3, -0.25) is 4.84 Å². The maximum Gasteiger partial charge on any atom is 0.337 e. The van der Waals surface area contributed by atoms with E-state index in [0.717, 1.165) is 6.42 Å². The van der Waals surface area contributed by atoms with E-state index in [1.165, 1.54) is 0 Å². The van der Waals surface area contributed by atoms with Gasteiger partial charge in [-0.2, -0.15) is 0 Å². The lowest BCUT2D eigenvalue weighted by molar-refractivity contribution is -0.170. The zero-order chi connectivity index (χ0) is 12.1. The third-order valence-electron chi connectivity index (χ3n) is 2.15. The smallest absolute Gasteiger partial charge is 0.337 e. The summed E-state index contributed by atoms with van der Waals surface area (Å²) < 4.78 is 5.19. The Morgan fingerprint density at radius 2 is 1.93 bits per heavy atom. The molecule has 0 aliphatic heterocycles. The van der Waals surface area contributed by atoms with Crippen LogP contribution in [0, 0.1) is 5.92 Å². The average Bonchev–Trinajstić information content (AvgIpc) is 2.10. The quantitative estimate of drug-likeness (QED) is 0.565. The van der Waals surface area contributed by atoms with Gasteiger partial charge in [0.2, 0.25) is 0 Å². The molecule has 0 unspecified atom stereocenters. The normalized spacial score (nSPS) is 15.9. The van der Waals surface area contributed by atoms with Crippen LogP contribution in [0.2, 0.25) is 0 Å². The largest absolute Gasteiger partial charge is 0.458 e. The highest BCUT2D eigenvalue weighted by Crippen LogP contribution is 2.15. The van der Waals surface area contributed by atoms with E-state index in [-0.39, 0.29) is 5.97 Å². The molecule has 0 spiro atoms. The van der Waals surface area contributed by atoms with Gasteiger partial charge < -0.3 is 4.74 Å². The maximum absolute atomic E-state index is 11.6. The summed E-state index contributed by atoms with van der Waals surface area (Å²) in [4.78, 5) is 16.3. The van der Waals surface area contributed by atoms with Crippen molar-refractivity contribution in [3.05, 3.63) is 0 Å². The van der Waals surface area contributed by atoms with Crippen LogP contribution in [0.3, 0.4) is 0 Å². The lowest BCUT2D eigenvalue weighted by Gasteiger charge is -2.24. The molecule has 0 heterocycles. The van der Waals surface area contributed by atoms with E-state index in [9.17, 15) is 4.79 Å². The Labute approximate surface area is 92.1 Å². The van der Waals surface area contributed by atoms with Crippen LogP contribution in [0.15, 0.2) is 0 Å². The Morgan fingerprint density at radius 3 is 2.27 bits per heavy atom. The number of ether oxygens (including phenoxy) is 1. The number of carbonyl (C=O) groups is 1. The van der Waals surface area contributed by atoms with E-state index < -0.39 is 11.7 Å². The molecule has 0 aromatic rings. The molecular formula is C11H23NO3. The van der Waals surface area contributed by atoms with Crippen LogP contribution in [-0.2, 0) is 14.4 Å². The van der Waals surface area contributed by atoms with Crippen LogP contribution in [0.25, 0.3) is 0 Å². The molecule has 0 rings (SSSR count). The number of hydrogen-bond acceptors (Lipinski definition) is 4. The molecule has 0 radical (unpaired) electrons. The lowest BCUT2D eigenvalue weighted by atomic mass is 10.0. The minimum absolute atomic E-state index is 0.384. The van der Waals surface area contributed by atoms with Crippen molar-refractivity contribution in [3.8, 4) is 0 Å². The van der Waals surface area contributed by atoms with Gasteiger partial charge >= 0.3 is 5.97 Å². The fourth-order valence-corrected chi connectivity index (χ4v) is 1.11. The van der Waals surface area contributed by atoms with Gasteiger partial charge in [0, 0.05) is 0 Å². The van der Waals surface area contributed by atoms with Gasteiger partial charge in [-0.25, -0.2) is 10.7 Å². The minimum atomic E-state index is -0.654. The second kappa shape index (κ2) is 6.08. The summed E-state index contributed by atoms with van der Waals surface area (Å²) in [6.07, 6.45) is 0.934. The molecule has 0 amide bonds. The molecule has 0 bridgehead atoms. The first-order valence-electron chi connectivity index (χ1n) is 5.38. The zero-order valence-corrected chi connectivity index (χ0v) is 10.4. The highest BCUT2D eigenvalue weighted by atomic mass is 16.7. The minimum Gasteiger partial charge on any atom is -0.458 e. The highest BCUT2D eigenvalue weighted by molar-refractivity contribution is 5.75. The molecular weight excluding hydrogens is 194 g/mol. The Hall–Kier alpha value is -0.610. The zero-order valence-electron chi connectivity index (χ0n) is 10.4. The number of rotatable bonds is 5. The predicted molar refractivity (Wildman–Crippen MR) is 59.0 cm³/mol. The van der Waals surface area contributed by atoms with Crippen LogP contribution in [0.4, 0.5) is 0 Å². The molecule has 2 N–H and O–H groups in total. The van der Waals surface area contributed by atoms with E-state index in [1.54, 1.807) is 0 Å². The second-order valence-corrected chi connectivity index (χ2v) is 4.91. The van der Waals surface area contributed by atoms with Crippen molar-refractivity contribution in [1.82, 2.24) is 0 Å². The van der Waals surface area contributed by atoms with Crippen molar-refractivity contribution in [1.29, 1.82) is 0 Å². The molecule has 4 heteroatoms. The van der Waals surface area contributed by atoms with Gasteiger partial charge in [0.05, 0.1) is 0 Å². The molecule has 0 aliphatic rings. The highest BCUT2D eigenvalue weighted by Gasteiger charge is 2.26. The van der Waals surface area contributed by atoms with Crippen molar-refractivity contribution >= 4 is 5.97 Å². The van der Waals surface area contributed by atoms with Crippen molar-refractivity contribution < 1.29 is 14.4 Å². The molecule has 90 valence electrons. The number of carbonyl (C=O) groups excluding carboxylic acids is 1. The summed E-state index contributed by atoms with van der Waals surface area (Å²) >= 11 is 0. The summed E-state index contributed by atoms with van der Waals surface area (Å²) in [5.74, 6) is 5.11. The second-order valence-electron chi connectivity index (χ2n) is 4.91. The molecule has 15 heavy (non-hydrogen) atoms. The van der Waals surface area contributed by atoms with Gasteiger partial charge in [0.25, 0.3) is 0 Å². The van der Waals surface area contributed by atoms with E-state index in [4.69, 9.17) is 10.6 Å². The van der Waals surface area contributed by atoms with Crippen molar-refractivity contribution in [2.24, 2.45) is 11.8 Å². The number of nitrogens with two attached hydrogens (primary N) is 1. The van der Waals surface area contributed by atoms with Gasteiger partial charge in [0.15, 0.2) is 6.10 Å². The lowest BCUT2D eigenvalue weighted by Crippen LogP contribution is -2.36. The summed E-state index contributed by atoms with van der Waals surface area (Å²) in [6, 6.07) is 0. The first kappa shape index (κ1) is 14.4. The fourth-order valence-electron chi connectivity index (χ4n) is 1.11. The SMILES string of the molecule is CC[C@H](C)C[C@H](ON)C(=O)OC(C)(C)C. The predicted octanol–water partition coefficient (Wildman–Crippen LogP) is 2.02. The van der Waals surface area contributed by atoms with Gasteiger partial charge in [-0.15, -0.1) is 0 Å². The Bertz CT molecular complexity index is 198. The van der Waals surface area contributed by atoms with E-state index in [0.29, 0.717) is 12.3 Å². The molecule has 0 aliphatic carbocycles. The van der Waals surface area contributed by atoms with Gasteiger partial charge in [-0.1, -0.05) is 20.3 Å². The topological polar surface area (TPSA) is 61.5 Å². The monoisotopic (exact) mass is 217 g/mol. The van der Waals surface area contributed by atoms with Crippen LogP contribution < -0.4 is 5.90 Å². The first-order valence-corrected chi connectivity index (χ1v) is 5.38. The third-order valence-corrected chi connectivity index (χ3v) is 2.15. The third kappa shape index (κ3) is 6.47. The van der Waals surface area contributed by atoms with E-state index in [2.05, 4.69) is 18.7 Å². The van der Waals surface area contributed by atoms with Gasteiger partial charge in [-0.05, 0) is 33.1 Å². The van der Waals surface area contributed by atoms with E-state index in [1.807, 2.05) is 20.8 Å². The van der Waals surface area contributed by atoms with Crippen LogP contribution in [0.5, 0.6) is 0 Å². The van der Waals surface area contributed by atoms with Crippen molar-refractivity contribution in [3.63, 3.8) is 0 Å². The molecule has 2 atom stereocenters. The number of hydrogen-bond donors (Lipinski definition) is 1. The standard InChI is InChI=1S/C11H23NO3/c1-6-8(2)7-9(15-12)10(13)14-11(3,4)5/h8-9H,6-7,12H2,1-5H3/t8-,9-/m0/s1. The Kier molecular flexibility index (Phi) is 5.83. The molecule has 4 nitrogen and oxygen atoms in total. The molecule has 0 saturated heterocycles. The molecule has 0 saturated carbocycles. The molecule has 0 aromatic heterocycles. The fraction of sp³-hybridized carbons (Fsp3) is 0.909. The van der Waals surface area contributed by atoms with Crippen LogP contribution in [0.1, 0.15) is 47.5 Å². The Balaban J connectivity index is 4.23. The Morgan fingerprint density at radius 1 is 1.40 bits per heavy atom. The summed E-state index contributed by atoms with van der Waals surface area (Å²) in [5.41, 5.74) is -0.497. The van der Waals surface area contributed by atoms with E-state index >= 15 is 0 Å². The van der Waals surface area contributed by atoms with Gasteiger partial charge in [0.1, 0.15) is 5.60 Å². The maximum atomic E-state index is 11.6. The summed E-state index contributed by atoms with van der Waals surface area (Å²) in [5, 5.41) is 0. The average molecular weight is 217 g/mol. The summed E-state index contributed by atoms with van der Waals surface area (Å²) in [6.45, 7) is 9.58. The summed E-state index contributed by atoms with van der Waals surface area (Å²) in [7, 11) is 0. The molecule has 0 fully saturated rings. The van der Waals surface area contributed by atoms with Crippen LogP contribution >= 0.6 is 0 Å². The van der Waals surface area contributed by atoms with Crippen molar-refractivity contribution in [2.45, 2.75) is 59.2 Å². The first-order chi connectivity index (χ1) is 6.80. The van der Waals surface area contributed by atoms with Crippen LogP contribution in [-0.4, -0.2) is 17.7 Å². The number of esters is 1.